The molecule has 4 heteroatoms. The molecule has 1 aliphatic rings. The van der Waals surface area contributed by atoms with Crippen molar-refractivity contribution < 1.29 is 9.47 Å². The highest BCUT2D eigenvalue weighted by atomic mass is 79.9. The number of hydrogen-bond acceptors (Lipinski definition) is 3. The highest BCUT2D eigenvalue weighted by molar-refractivity contribution is 9.10. The number of nitrogens with one attached hydrogen (secondary N) is 1. The number of rotatable bonds is 4. The predicted octanol–water partition coefficient (Wildman–Crippen LogP) is 4.74. The van der Waals surface area contributed by atoms with Gasteiger partial charge in [0.25, 0.3) is 0 Å². The Balaban J connectivity index is 1.81. The molecule has 1 unspecified atom stereocenters. The quantitative estimate of drug-likeness (QED) is 0.876. The number of benzene rings is 2. The lowest BCUT2D eigenvalue weighted by Crippen LogP contribution is -2.09. The Hall–Kier alpha value is -1.68. The molecule has 0 saturated carbocycles. The highest BCUT2D eigenvalue weighted by Crippen LogP contribution is 2.35. The summed E-state index contributed by atoms with van der Waals surface area (Å²) in [4.78, 5) is 0. The van der Waals surface area contributed by atoms with Gasteiger partial charge in [-0.3, -0.25) is 0 Å². The molecule has 0 fully saturated rings. The largest absolute Gasteiger partial charge is 0.454 e. The van der Waals surface area contributed by atoms with Crippen LogP contribution in [-0.4, -0.2) is 6.79 Å². The highest BCUT2D eigenvalue weighted by Gasteiger charge is 2.15. The van der Waals surface area contributed by atoms with E-state index in [-0.39, 0.29) is 6.04 Å². The topological polar surface area (TPSA) is 30.5 Å². The maximum Gasteiger partial charge on any atom is 0.231 e. The van der Waals surface area contributed by atoms with E-state index in [1.165, 1.54) is 5.56 Å². The van der Waals surface area contributed by atoms with Crippen molar-refractivity contribution in [1.82, 2.24) is 0 Å². The van der Waals surface area contributed by atoms with E-state index in [0.29, 0.717) is 6.79 Å². The van der Waals surface area contributed by atoms with Crippen molar-refractivity contribution in [3.63, 3.8) is 0 Å². The molecule has 3 nitrogen and oxygen atoms in total. The van der Waals surface area contributed by atoms with E-state index in [1.807, 2.05) is 24.3 Å². The Morgan fingerprint density at radius 2 is 2.00 bits per heavy atom. The third kappa shape index (κ3) is 2.75. The van der Waals surface area contributed by atoms with Crippen molar-refractivity contribution in [3.05, 3.63) is 52.5 Å². The minimum atomic E-state index is 0.271. The molecule has 2 aromatic carbocycles. The van der Waals surface area contributed by atoms with E-state index in [9.17, 15) is 0 Å². The summed E-state index contributed by atoms with van der Waals surface area (Å²) in [7, 11) is 0. The van der Waals surface area contributed by atoms with Gasteiger partial charge in [0.1, 0.15) is 0 Å². The van der Waals surface area contributed by atoms with Gasteiger partial charge in [-0.25, -0.2) is 0 Å². The van der Waals surface area contributed by atoms with Gasteiger partial charge in [-0.15, -0.1) is 0 Å². The van der Waals surface area contributed by atoms with Crippen LogP contribution in [0.3, 0.4) is 0 Å². The maximum absolute atomic E-state index is 5.41. The Morgan fingerprint density at radius 3 is 2.80 bits per heavy atom. The lowest BCUT2D eigenvalue weighted by molar-refractivity contribution is 0.174. The fourth-order valence-corrected chi connectivity index (χ4v) is 2.75. The zero-order valence-corrected chi connectivity index (χ0v) is 12.8. The SMILES string of the molecule is CCC(Nc1ccc2c(c1)OCO2)c1cccc(Br)c1. The summed E-state index contributed by atoms with van der Waals surface area (Å²) in [5.74, 6) is 1.62. The van der Waals surface area contributed by atoms with Crippen LogP contribution >= 0.6 is 15.9 Å². The lowest BCUT2D eigenvalue weighted by atomic mass is 10.0. The molecule has 1 aliphatic heterocycles. The fourth-order valence-electron chi connectivity index (χ4n) is 2.33. The molecule has 1 N–H and O–H groups in total. The van der Waals surface area contributed by atoms with Crippen molar-refractivity contribution in [2.75, 3.05) is 12.1 Å². The van der Waals surface area contributed by atoms with Crippen LogP contribution in [0.5, 0.6) is 11.5 Å². The van der Waals surface area contributed by atoms with Crippen molar-refractivity contribution in [1.29, 1.82) is 0 Å². The molecular weight excluding hydrogens is 318 g/mol. The average molecular weight is 334 g/mol. The second-order valence-electron chi connectivity index (χ2n) is 4.73. The Labute approximate surface area is 127 Å². The second kappa shape index (κ2) is 5.75. The zero-order valence-electron chi connectivity index (χ0n) is 11.2. The Bertz CT molecular complexity index is 615. The van der Waals surface area contributed by atoms with Gasteiger partial charge >= 0.3 is 0 Å². The molecule has 1 heterocycles. The molecule has 1 atom stereocenters. The van der Waals surface area contributed by atoms with Crippen molar-refractivity contribution in [3.8, 4) is 11.5 Å². The lowest BCUT2D eigenvalue weighted by Gasteiger charge is -2.19. The summed E-state index contributed by atoms with van der Waals surface area (Å²) in [5, 5.41) is 3.55. The molecule has 0 radical (unpaired) electrons. The van der Waals surface area contributed by atoms with Crippen LogP contribution in [0.4, 0.5) is 5.69 Å². The first-order chi connectivity index (χ1) is 9.76. The van der Waals surface area contributed by atoms with Crippen LogP contribution in [0.2, 0.25) is 0 Å². The molecule has 2 aromatic rings. The van der Waals surface area contributed by atoms with E-state index in [2.05, 4.69) is 46.4 Å². The van der Waals surface area contributed by atoms with Crippen molar-refractivity contribution >= 4 is 21.6 Å². The molecule has 0 amide bonds. The maximum atomic E-state index is 5.41. The van der Waals surface area contributed by atoms with Crippen LogP contribution in [0.25, 0.3) is 0 Å². The van der Waals surface area contributed by atoms with E-state index in [0.717, 1.165) is 28.1 Å². The number of hydrogen-bond donors (Lipinski definition) is 1. The Kier molecular flexibility index (Phi) is 3.83. The van der Waals surface area contributed by atoms with Gasteiger partial charge < -0.3 is 14.8 Å². The molecular formula is C16H16BrNO2. The molecule has 20 heavy (non-hydrogen) atoms. The van der Waals surface area contributed by atoms with Gasteiger partial charge in [0.15, 0.2) is 11.5 Å². The minimum Gasteiger partial charge on any atom is -0.454 e. The third-order valence-electron chi connectivity index (χ3n) is 3.37. The predicted molar refractivity (Wildman–Crippen MR) is 83.4 cm³/mol. The van der Waals surface area contributed by atoms with Gasteiger partial charge in [-0.05, 0) is 36.2 Å². The van der Waals surface area contributed by atoms with Crippen LogP contribution in [-0.2, 0) is 0 Å². The average Bonchev–Trinajstić information content (AvgIpc) is 2.92. The smallest absolute Gasteiger partial charge is 0.231 e. The van der Waals surface area contributed by atoms with Gasteiger partial charge in [-0.1, -0.05) is 35.0 Å². The van der Waals surface area contributed by atoms with Crippen LogP contribution in [0.15, 0.2) is 46.9 Å². The van der Waals surface area contributed by atoms with Gasteiger partial charge in [0.2, 0.25) is 6.79 Å². The van der Waals surface area contributed by atoms with Gasteiger partial charge in [0.05, 0.1) is 6.04 Å². The summed E-state index contributed by atoms with van der Waals surface area (Å²) in [6.07, 6.45) is 1.00. The molecule has 0 spiro atoms. The molecule has 0 saturated heterocycles. The minimum absolute atomic E-state index is 0.271. The molecule has 0 aliphatic carbocycles. The molecule has 0 aromatic heterocycles. The van der Waals surface area contributed by atoms with Crippen LogP contribution in [0.1, 0.15) is 24.9 Å². The van der Waals surface area contributed by atoms with Gasteiger partial charge in [0, 0.05) is 16.2 Å². The molecule has 3 rings (SSSR count). The number of ether oxygens (including phenoxy) is 2. The first-order valence-corrected chi connectivity index (χ1v) is 7.47. The van der Waals surface area contributed by atoms with Crippen molar-refractivity contribution in [2.24, 2.45) is 0 Å². The summed E-state index contributed by atoms with van der Waals surface area (Å²) >= 11 is 3.52. The monoisotopic (exact) mass is 333 g/mol. The normalized spacial score (nSPS) is 14.1. The first kappa shape index (κ1) is 13.3. The standard InChI is InChI=1S/C16H16BrNO2/c1-2-14(11-4-3-5-12(17)8-11)18-13-6-7-15-16(9-13)20-10-19-15/h3-9,14,18H,2,10H2,1H3. The van der Waals surface area contributed by atoms with E-state index in [4.69, 9.17) is 9.47 Å². The zero-order chi connectivity index (χ0) is 13.9. The van der Waals surface area contributed by atoms with Gasteiger partial charge in [-0.2, -0.15) is 0 Å². The summed E-state index contributed by atoms with van der Waals surface area (Å²) in [6.45, 7) is 2.48. The number of halogens is 1. The molecule has 104 valence electrons. The van der Waals surface area contributed by atoms with Crippen LogP contribution < -0.4 is 14.8 Å². The Morgan fingerprint density at radius 1 is 1.15 bits per heavy atom. The summed E-state index contributed by atoms with van der Waals surface area (Å²) in [5.41, 5.74) is 2.31. The molecule has 0 bridgehead atoms. The third-order valence-corrected chi connectivity index (χ3v) is 3.87. The van der Waals surface area contributed by atoms with E-state index >= 15 is 0 Å². The van der Waals surface area contributed by atoms with E-state index in [1.54, 1.807) is 0 Å². The summed E-state index contributed by atoms with van der Waals surface area (Å²) in [6, 6.07) is 14.6. The number of anilines is 1. The first-order valence-electron chi connectivity index (χ1n) is 6.68. The van der Waals surface area contributed by atoms with Crippen molar-refractivity contribution in [2.45, 2.75) is 19.4 Å². The van der Waals surface area contributed by atoms with Crippen LogP contribution in [0, 0.1) is 0 Å². The summed E-state index contributed by atoms with van der Waals surface area (Å²) < 4.78 is 11.8. The fraction of sp³-hybridized carbons (Fsp3) is 0.250. The second-order valence-corrected chi connectivity index (χ2v) is 5.64. The number of fused-ring (bicyclic) bond motifs is 1. The van der Waals surface area contributed by atoms with E-state index < -0.39 is 0 Å².